The average Bonchev–Trinajstić information content (AvgIpc) is 2.34. The molecule has 18 heavy (non-hydrogen) atoms. The summed E-state index contributed by atoms with van der Waals surface area (Å²) in [4.78, 5) is 11.9. The van der Waals surface area contributed by atoms with Crippen LogP contribution in [0.25, 0.3) is 0 Å². The molecule has 0 saturated heterocycles. The van der Waals surface area contributed by atoms with Crippen LogP contribution in [0.3, 0.4) is 0 Å². The van der Waals surface area contributed by atoms with E-state index in [4.69, 9.17) is 27.9 Å². The van der Waals surface area contributed by atoms with E-state index >= 15 is 0 Å². The van der Waals surface area contributed by atoms with Crippen molar-refractivity contribution in [3.63, 3.8) is 0 Å². The van der Waals surface area contributed by atoms with Gasteiger partial charge in [0.05, 0.1) is 16.7 Å². The average molecular weight is 290 g/mol. The third-order valence-corrected chi connectivity index (χ3v) is 3.14. The lowest BCUT2D eigenvalue weighted by atomic mass is 10.1. The minimum atomic E-state index is -0.500. The maximum atomic E-state index is 11.9. The van der Waals surface area contributed by atoms with Crippen molar-refractivity contribution in [1.82, 2.24) is 5.32 Å². The van der Waals surface area contributed by atoms with Crippen LogP contribution in [0.2, 0.25) is 10.0 Å². The second-order valence-corrected chi connectivity index (χ2v) is 4.63. The zero-order chi connectivity index (χ0) is 13.5. The van der Waals surface area contributed by atoms with Gasteiger partial charge < -0.3 is 10.1 Å². The molecule has 0 bridgehead atoms. The molecule has 0 radical (unpaired) electrons. The van der Waals surface area contributed by atoms with Gasteiger partial charge in [-0.1, -0.05) is 36.2 Å². The van der Waals surface area contributed by atoms with Crippen LogP contribution in [0.1, 0.15) is 31.9 Å². The first-order chi connectivity index (χ1) is 8.60. The first-order valence-electron chi connectivity index (χ1n) is 5.95. The Bertz CT molecular complexity index is 410. The molecule has 0 aliphatic heterocycles. The third-order valence-electron chi connectivity index (χ3n) is 2.40. The zero-order valence-corrected chi connectivity index (χ0v) is 12.0. The standard InChI is InChI=1S/C13H17Cl2NO2/c1-3-7-16-12(13(17)18-4-2)9-5-6-10(14)11(15)8-9/h5-6,8,12,16H,3-4,7H2,1-2H3. The predicted molar refractivity (Wildman–Crippen MR) is 74.1 cm³/mol. The maximum absolute atomic E-state index is 11.9. The normalized spacial score (nSPS) is 12.2. The summed E-state index contributed by atoms with van der Waals surface area (Å²) in [6.45, 7) is 4.89. The van der Waals surface area contributed by atoms with Crippen LogP contribution >= 0.6 is 23.2 Å². The van der Waals surface area contributed by atoms with Crippen LogP contribution < -0.4 is 5.32 Å². The van der Waals surface area contributed by atoms with Crippen molar-refractivity contribution >= 4 is 29.2 Å². The maximum Gasteiger partial charge on any atom is 0.327 e. The smallest absolute Gasteiger partial charge is 0.327 e. The molecule has 0 aliphatic rings. The molecule has 1 unspecified atom stereocenters. The van der Waals surface area contributed by atoms with E-state index in [0.29, 0.717) is 16.7 Å². The third kappa shape index (κ3) is 4.16. The fourth-order valence-electron chi connectivity index (χ4n) is 1.54. The highest BCUT2D eigenvalue weighted by Gasteiger charge is 2.21. The van der Waals surface area contributed by atoms with Gasteiger partial charge >= 0.3 is 5.97 Å². The number of carbonyl (C=O) groups is 1. The van der Waals surface area contributed by atoms with Gasteiger partial charge in [-0.05, 0) is 37.6 Å². The van der Waals surface area contributed by atoms with E-state index < -0.39 is 6.04 Å². The number of esters is 1. The quantitative estimate of drug-likeness (QED) is 0.814. The predicted octanol–water partition coefficient (Wildman–Crippen LogP) is 3.60. The van der Waals surface area contributed by atoms with Crippen LogP contribution in [0, 0.1) is 0 Å². The van der Waals surface area contributed by atoms with Gasteiger partial charge in [0.15, 0.2) is 0 Å². The molecule has 0 fully saturated rings. The van der Waals surface area contributed by atoms with Crippen molar-refractivity contribution in [1.29, 1.82) is 0 Å². The largest absolute Gasteiger partial charge is 0.465 e. The summed E-state index contributed by atoms with van der Waals surface area (Å²) in [5, 5.41) is 4.04. The number of ether oxygens (including phenoxy) is 1. The van der Waals surface area contributed by atoms with Crippen LogP contribution in [-0.2, 0) is 9.53 Å². The van der Waals surface area contributed by atoms with E-state index in [9.17, 15) is 4.79 Å². The Morgan fingerprint density at radius 3 is 2.61 bits per heavy atom. The summed E-state index contributed by atoms with van der Waals surface area (Å²) in [6, 6.07) is 4.64. The molecule has 1 rings (SSSR count). The highest BCUT2D eigenvalue weighted by Crippen LogP contribution is 2.26. The molecular weight excluding hydrogens is 273 g/mol. The van der Waals surface area contributed by atoms with Crippen molar-refractivity contribution in [2.45, 2.75) is 26.3 Å². The van der Waals surface area contributed by atoms with Crippen LogP contribution in [-0.4, -0.2) is 19.1 Å². The van der Waals surface area contributed by atoms with Crippen LogP contribution in [0.5, 0.6) is 0 Å². The monoisotopic (exact) mass is 289 g/mol. The Kier molecular flexibility index (Phi) is 6.47. The van der Waals surface area contributed by atoms with Crippen molar-refractivity contribution < 1.29 is 9.53 Å². The highest BCUT2D eigenvalue weighted by atomic mass is 35.5. The van der Waals surface area contributed by atoms with E-state index in [2.05, 4.69) is 5.32 Å². The van der Waals surface area contributed by atoms with Gasteiger partial charge in [-0.2, -0.15) is 0 Å². The van der Waals surface area contributed by atoms with Crippen molar-refractivity contribution in [3.8, 4) is 0 Å². The minimum Gasteiger partial charge on any atom is -0.465 e. The number of nitrogens with one attached hydrogen (secondary N) is 1. The summed E-state index contributed by atoms with van der Waals surface area (Å²) in [6.07, 6.45) is 0.928. The van der Waals surface area contributed by atoms with Crippen molar-refractivity contribution in [3.05, 3.63) is 33.8 Å². The summed E-state index contributed by atoms with van der Waals surface area (Å²) < 4.78 is 5.05. The van der Waals surface area contributed by atoms with Gasteiger partial charge in [-0.3, -0.25) is 0 Å². The lowest BCUT2D eigenvalue weighted by Gasteiger charge is -2.17. The molecule has 1 N–H and O–H groups in total. The van der Waals surface area contributed by atoms with E-state index in [1.807, 2.05) is 6.92 Å². The molecule has 0 aliphatic carbocycles. The fourth-order valence-corrected chi connectivity index (χ4v) is 1.85. The highest BCUT2D eigenvalue weighted by molar-refractivity contribution is 6.42. The number of rotatable bonds is 6. The molecule has 1 aromatic rings. The Morgan fingerprint density at radius 2 is 2.06 bits per heavy atom. The topological polar surface area (TPSA) is 38.3 Å². The van der Waals surface area contributed by atoms with Gasteiger partial charge in [0.1, 0.15) is 6.04 Å². The van der Waals surface area contributed by atoms with Crippen molar-refractivity contribution in [2.24, 2.45) is 0 Å². The molecule has 0 aromatic heterocycles. The van der Waals surface area contributed by atoms with Crippen LogP contribution in [0.15, 0.2) is 18.2 Å². The fraction of sp³-hybridized carbons (Fsp3) is 0.462. The molecule has 1 aromatic carbocycles. The van der Waals surface area contributed by atoms with E-state index in [0.717, 1.165) is 18.5 Å². The second kappa shape index (κ2) is 7.62. The summed E-state index contributed by atoms with van der Waals surface area (Å²) in [5.41, 5.74) is 0.760. The summed E-state index contributed by atoms with van der Waals surface area (Å²) >= 11 is 11.8. The van der Waals surface area contributed by atoms with Gasteiger partial charge in [0.2, 0.25) is 0 Å². The number of hydrogen-bond acceptors (Lipinski definition) is 3. The molecule has 0 saturated carbocycles. The first kappa shape index (κ1) is 15.3. The van der Waals surface area contributed by atoms with E-state index in [1.165, 1.54) is 0 Å². The van der Waals surface area contributed by atoms with Crippen molar-refractivity contribution in [2.75, 3.05) is 13.2 Å². The number of hydrogen-bond donors (Lipinski definition) is 1. The second-order valence-electron chi connectivity index (χ2n) is 3.81. The lowest BCUT2D eigenvalue weighted by Crippen LogP contribution is -2.30. The lowest BCUT2D eigenvalue weighted by molar-refractivity contribution is -0.145. The summed E-state index contributed by atoms with van der Waals surface area (Å²) in [7, 11) is 0. The van der Waals surface area contributed by atoms with Gasteiger partial charge in [-0.25, -0.2) is 4.79 Å². The molecule has 0 spiro atoms. The Balaban J connectivity index is 2.93. The molecule has 0 heterocycles. The van der Waals surface area contributed by atoms with Gasteiger partial charge in [0, 0.05) is 0 Å². The molecule has 3 nitrogen and oxygen atoms in total. The SMILES string of the molecule is CCCNC(C(=O)OCC)c1ccc(Cl)c(Cl)c1. The number of carbonyl (C=O) groups excluding carboxylic acids is 1. The van der Waals surface area contributed by atoms with Crippen LogP contribution in [0.4, 0.5) is 0 Å². The number of halogens is 2. The Morgan fingerprint density at radius 1 is 1.33 bits per heavy atom. The first-order valence-corrected chi connectivity index (χ1v) is 6.70. The summed E-state index contributed by atoms with van der Waals surface area (Å²) in [5.74, 6) is -0.302. The molecule has 0 amide bonds. The zero-order valence-electron chi connectivity index (χ0n) is 10.5. The van der Waals surface area contributed by atoms with Gasteiger partial charge in [-0.15, -0.1) is 0 Å². The minimum absolute atomic E-state index is 0.302. The van der Waals surface area contributed by atoms with E-state index in [-0.39, 0.29) is 5.97 Å². The molecule has 100 valence electrons. The van der Waals surface area contributed by atoms with Gasteiger partial charge in [0.25, 0.3) is 0 Å². The number of benzene rings is 1. The Hall–Kier alpha value is -0.770. The Labute approximate surface area is 117 Å². The molecular formula is C13H17Cl2NO2. The molecule has 5 heteroatoms. The molecule has 1 atom stereocenters. The van der Waals surface area contributed by atoms with E-state index in [1.54, 1.807) is 25.1 Å².